The summed E-state index contributed by atoms with van der Waals surface area (Å²) >= 11 is 6.50. The van der Waals surface area contributed by atoms with Gasteiger partial charge in [-0.05, 0) is 111 Å². The van der Waals surface area contributed by atoms with E-state index in [2.05, 4.69) is 32.7 Å². The molecule has 0 radical (unpaired) electrons. The average Bonchev–Trinajstić information content (AvgIpc) is 3.64. The van der Waals surface area contributed by atoms with Crippen LogP contribution in [0.1, 0.15) is 72.9 Å². The molecular formula is C42H56ClN3O8S. The summed E-state index contributed by atoms with van der Waals surface area (Å²) in [4.78, 5) is 18.8. The lowest BCUT2D eigenvalue weighted by molar-refractivity contribution is -0.0316. The minimum atomic E-state index is -4.19. The van der Waals surface area contributed by atoms with E-state index in [0.717, 1.165) is 95.0 Å². The van der Waals surface area contributed by atoms with E-state index in [-0.39, 0.29) is 35.5 Å². The number of morpholine rings is 1. The number of carbonyl (C=O) groups excluding carboxylic acids is 1. The van der Waals surface area contributed by atoms with Crippen LogP contribution in [0.2, 0.25) is 5.02 Å². The van der Waals surface area contributed by atoms with Crippen LogP contribution in [-0.2, 0) is 40.8 Å². The first kappa shape index (κ1) is 39.1. The van der Waals surface area contributed by atoms with Gasteiger partial charge in [0.25, 0.3) is 5.91 Å². The number of aryl methyl sites for hydroxylation is 1. The van der Waals surface area contributed by atoms with Crippen LogP contribution in [0.3, 0.4) is 0 Å². The van der Waals surface area contributed by atoms with E-state index in [1.807, 2.05) is 24.3 Å². The molecule has 11 nitrogen and oxygen atoms in total. The Morgan fingerprint density at radius 3 is 2.71 bits per heavy atom. The van der Waals surface area contributed by atoms with Gasteiger partial charge in [0, 0.05) is 62.4 Å². The molecule has 4 aliphatic heterocycles. The van der Waals surface area contributed by atoms with Crippen molar-refractivity contribution < 1.29 is 36.9 Å². The van der Waals surface area contributed by atoms with E-state index < -0.39 is 27.3 Å². The fourth-order valence-corrected chi connectivity index (χ4v) is 11.6. The van der Waals surface area contributed by atoms with Crippen LogP contribution in [0.4, 0.5) is 5.69 Å². The second-order valence-corrected chi connectivity index (χ2v) is 18.7. The van der Waals surface area contributed by atoms with E-state index in [0.29, 0.717) is 44.5 Å². The molecule has 2 bridgehead atoms. The van der Waals surface area contributed by atoms with Crippen molar-refractivity contribution in [2.75, 3.05) is 77.8 Å². The minimum Gasteiger partial charge on any atom is -0.490 e. The summed E-state index contributed by atoms with van der Waals surface area (Å²) < 4.78 is 61.8. The Kier molecular flexibility index (Phi) is 12.1. The van der Waals surface area contributed by atoms with Gasteiger partial charge >= 0.3 is 0 Å². The molecule has 55 heavy (non-hydrogen) atoms. The van der Waals surface area contributed by atoms with Crippen LogP contribution in [-0.4, -0.2) is 116 Å². The molecule has 6 aliphatic rings. The molecule has 13 heteroatoms. The van der Waals surface area contributed by atoms with E-state index in [4.69, 9.17) is 35.3 Å². The number of sulfonamides is 1. The first-order valence-corrected chi connectivity index (χ1v) is 22.2. The molecule has 1 saturated carbocycles. The first-order chi connectivity index (χ1) is 26.7. The highest BCUT2D eigenvalue weighted by Crippen LogP contribution is 2.47. The van der Waals surface area contributed by atoms with Gasteiger partial charge in [-0.15, -0.1) is 0 Å². The fourth-order valence-electron chi connectivity index (χ4n) is 9.83. The second-order valence-electron chi connectivity index (χ2n) is 16.4. The van der Waals surface area contributed by atoms with Crippen molar-refractivity contribution in [3.63, 3.8) is 0 Å². The predicted molar refractivity (Wildman–Crippen MR) is 212 cm³/mol. The number of benzene rings is 2. The number of anilines is 1. The lowest BCUT2D eigenvalue weighted by Crippen LogP contribution is -2.50. The smallest absolute Gasteiger partial charge is 0.264 e. The van der Waals surface area contributed by atoms with Gasteiger partial charge in [0.2, 0.25) is 10.0 Å². The summed E-state index contributed by atoms with van der Waals surface area (Å²) in [7, 11) is -2.64. The van der Waals surface area contributed by atoms with Gasteiger partial charge in [0.15, 0.2) is 0 Å². The summed E-state index contributed by atoms with van der Waals surface area (Å²) in [6, 6.07) is 11.6. The number of hydrogen-bond donors (Lipinski definition) is 1. The van der Waals surface area contributed by atoms with E-state index in [9.17, 15) is 13.2 Å². The molecule has 2 aromatic rings. The molecule has 1 spiro atoms. The van der Waals surface area contributed by atoms with E-state index in [1.54, 1.807) is 13.2 Å². The minimum absolute atomic E-state index is 0.140. The quantitative estimate of drug-likeness (QED) is 0.359. The van der Waals surface area contributed by atoms with Crippen molar-refractivity contribution in [1.29, 1.82) is 0 Å². The van der Waals surface area contributed by atoms with Crippen molar-refractivity contribution >= 4 is 33.2 Å². The second kappa shape index (κ2) is 17.0. The third-order valence-electron chi connectivity index (χ3n) is 13.0. The van der Waals surface area contributed by atoms with Gasteiger partial charge in [0.05, 0.1) is 50.4 Å². The van der Waals surface area contributed by atoms with Crippen molar-refractivity contribution in [3.8, 4) is 5.75 Å². The summed E-state index contributed by atoms with van der Waals surface area (Å²) in [5.41, 5.74) is 3.34. The van der Waals surface area contributed by atoms with Gasteiger partial charge in [-0.3, -0.25) is 9.69 Å². The number of nitrogens with zero attached hydrogens (tertiary/aromatic N) is 2. The van der Waals surface area contributed by atoms with Crippen molar-refractivity contribution in [3.05, 3.63) is 70.3 Å². The van der Waals surface area contributed by atoms with Gasteiger partial charge in [0.1, 0.15) is 11.0 Å². The molecule has 7 atom stereocenters. The van der Waals surface area contributed by atoms with Crippen molar-refractivity contribution in [2.24, 2.45) is 11.8 Å². The van der Waals surface area contributed by atoms with Crippen molar-refractivity contribution in [1.82, 2.24) is 9.62 Å². The Balaban J connectivity index is 1.15. The SMILES string of the molecule is CO[C@@H]1C/C=C/[C@H](OCCN2CCOCC2)[C@@H]2CC[C@H]2CN2C[C@@]3(CCCc4cc(Cl)ccc43)COc3ccc(cc32)C(=O)NS(=O)(=O)[C@H]1C[C@H]1CCCO1. The topological polar surface area (TPSA) is 116 Å². The largest absolute Gasteiger partial charge is 0.490 e. The van der Waals surface area contributed by atoms with E-state index in [1.165, 1.54) is 11.1 Å². The number of halogens is 1. The fraction of sp³-hybridized carbons (Fsp3) is 0.643. The van der Waals surface area contributed by atoms with Crippen LogP contribution in [0.5, 0.6) is 5.75 Å². The van der Waals surface area contributed by atoms with Crippen LogP contribution in [0.15, 0.2) is 48.6 Å². The standard InChI is InChI=1S/C42H56ClN3O8S/c1-50-39-8-2-7-37(53-22-18-45-16-20-51-21-17-45)34-12-9-31(34)26-46-27-42(15-3-5-29-23-32(43)11-13-35(29)42)28-54-38-14-10-30(24-36(38)46)41(47)44-55(48,49)40(39)25-33-6-4-19-52-33/h2,7,10-11,13-14,23-24,31,33-34,37,39-40H,3-6,8-9,12,15-22,25-28H2,1H3,(H,44,47)/b7-2+/t31-,33+,34+,37-,39+,40-,42-/m0/s1. The Labute approximate surface area is 331 Å². The normalized spacial score (nSPS) is 33.1. The van der Waals surface area contributed by atoms with E-state index >= 15 is 0 Å². The maximum absolute atomic E-state index is 14.2. The molecule has 0 unspecified atom stereocenters. The van der Waals surface area contributed by atoms with Crippen LogP contribution >= 0.6 is 11.6 Å². The Morgan fingerprint density at radius 1 is 1.05 bits per heavy atom. The highest BCUT2D eigenvalue weighted by molar-refractivity contribution is 7.90. The van der Waals surface area contributed by atoms with Gasteiger partial charge in [-0.2, -0.15) is 0 Å². The maximum Gasteiger partial charge on any atom is 0.264 e. The number of amides is 1. The predicted octanol–water partition coefficient (Wildman–Crippen LogP) is 5.53. The summed E-state index contributed by atoms with van der Waals surface area (Å²) in [5, 5.41) is -0.260. The van der Waals surface area contributed by atoms with Crippen LogP contribution < -0.4 is 14.4 Å². The Hall–Kier alpha value is -2.71. The number of ether oxygens (including phenoxy) is 5. The van der Waals surface area contributed by atoms with Crippen LogP contribution in [0, 0.1) is 11.8 Å². The van der Waals surface area contributed by atoms with Gasteiger partial charge in [-0.25, -0.2) is 13.1 Å². The zero-order valence-electron chi connectivity index (χ0n) is 32.0. The number of methoxy groups -OCH3 is 1. The zero-order valence-corrected chi connectivity index (χ0v) is 33.5. The molecular weight excluding hydrogens is 742 g/mol. The third kappa shape index (κ3) is 8.61. The molecule has 1 N–H and O–H groups in total. The zero-order chi connectivity index (χ0) is 38.0. The summed E-state index contributed by atoms with van der Waals surface area (Å²) in [5.74, 6) is 0.645. The van der Waals surface area contributed by atoms with Gasteiger partial charge in [-0.1, -0.05) is 29.8 Å². The third-order valence-corrected chi connectivity index (χ3v) is 15.0. The number of nitrogens with one attached hydrogen (secondary N) is 1. The Bertz CT molecular complexity index is 1820. The average molecular weight is 798 g/mol. The number of hydrogen-bond acceptors (Lipinski definition) is 10. The van der Waals surface area contributed by atoms with Gasteiger partial charge < -0.3 is 28.6 Å². The molecule has 300 valence electrons. The highest BCUT2D eigenvalue weighted by atomic mass is 35.5. The lowest BCUT2D eigenvalue weighted by Gasteiger charge is -2.46. The molecule has 8 rings (SSSR count). The summed E-state index contributed by atoms with van der Waals surface area (Å²) in [6.45, 7) is 7.28. The number of fused-ring (bicyclic) bond motifs is 4. The molecule has 4 heterocycles. The summed E-state index contributed by atoms with van der Waals surface area (Å²) in [6.07, 6.45) is 10.4. The highest BCUT2D eigenvalue weighted by Gasteiger charge is 2.45. The molecule has 0 aromatic heterocycles. The monoisotopic (exact) mass is 797 g/mol. The molecule has 3 fully saturated rings. The molecule has 2 saturated heterocycles. The van der Waals surface area contributed by atoms with Crippen molar-refractivity contribution in [2.45, 2.75) is 86.8 Å². The molecule has 1 amide bonds. The molecule has 2 aliphatic carbocycles. The maximum atomic E-state index is 14.2. The first-order valence-electron chi connectivity index (χ1n) is 20.3. The lowest BCUT2D eigenvalue weighted by atomic mass is 9.68. The van der Waals surface area contributed by atoms with Crippen LogP contribution in [0.25, 0.3) is 0 Å². The molecule has 2 aromatic carbocycles. The number of carbonyl (C=O) groups is 1. The number of rotatable bonds is 7. The Morgan fingerprint density at radius 2 is 1.93 bits per heavy atom.